The van der Waals surface area contributed by atoms with Crippen LogP contribution in [0.3, 0.4) is 0 Å². The summed E-state index contributed by atoms with van der Waals surface area (Å²) in [4.78, 5) is 15.1. The molecule has 0 spiro atoms. The van der Waals surface area contributed by atoms with Gasteiger partial charge in [0.1, 0.15) is 11.2 Å². The highest BCUT2D eigenvalue weighted by molar-refractivity contribution is 7.25. The minimum Gasteiger partial charge on any atom is -0.456 e. The first-order valence-electron chi connectivity index (χ1n) is 12.6. The molecule has 0 aliphatic rings. The monoisotopic (exact) mass is 539 g/mol. The SMILES string of the molecule is Clc1ccc(-c2nc(-c3cccc4oc5ccccc5c34)nc(-c3cccc4sc5ccccc5c34)n2)cc1. The zero-order valence-electron chi connectivity index (χ0n) is 20.4. The Morgan fingerprint density at radius 1 is 0.513 bits per heavy atom. The van der Waals surface area contributed by atoms with E-state index in [2.05, 4.69) is 54.6 Å². The summed E-state index contributed by atoms with van der Waals surface area (Å²) in [5.41, 5.74) is 4.39. The molecule has 0 saturated carbocycles. The summed E-state index contributed by atoms with van der Waals surface area (Å²) in [5, 5.41) is 5.04. The molecule has 3 aromatic heterocycles. The Kier molecular flexibility index (Phi) is 5.02. The second kappa shape index (κ2) is 8.73. The Hall–Kier alpha value is -4.58. The van der Waals surface area contributed by atoms with E-state index in [9.17, 15) is 0 Å². The molecule has 0 amide bonds. The number of rotatable bonds is 3. The quantitative estimate of drug-likeness (QED) is 0.224. The summed E-state index contributed by atoms with van der Waals surface area (Å²) in [6.07, 6.45) is 0. The largest absolute Gasteiger partial charge is 0.456 e. The van der Waals surface area contributed by atoms with E-state index >= 15 is 0 Å². The number of thiophene rings is 1. The third-order valence-corrected chi connectivity index (χ3v) is 8.41. The number of furan rings is 1. The smallest absolute Gasteiger partial charge is 0.164 e. The van der Waals surface area contributed by atoms with Crippen molar-refractivity contribution in [3.63, 3.8) is 0 Å². The summed E-state index contributed by atoms with van der Waals surface area (Å²) in [5.74, 6) is 1.82. The number of fused-ring (bicyclic) bond motifs is 6. The van der Waals surface area contributed by atoms with Crippen LogP contribution in [-0.4, -0.2) is 15.0 Å². The molecule has 0 unspecified atom stereocenters. The Morgan fingerprint density at radius 2 is 1.13 bits per heavy atom. The van der Waals surface area contributed by atoms with E-state index in [1.165, 1.54) is 14.8 Å². The molecule has 6 heteroatoms. The van der Waals surface area contributed by atoms with Gasteiger partial charge in [0, 0.05) is 52.7 Å². The molecule has 0 bridgehead atoms. The van der Waals surface area contributed by atoms with Crippen LogP contribution < -0.4 is 0 Å². The highest BCUT2D eigenvalue weighted by Crippen LogP contribution is 2.40. The van der Waals surface area contributed by atoms with Gasteiger partial charge in [0.2, 0.25) is 0 Å². The van der Waals surface area contributed by atoms with Crippen molar-refractivity contribution in [1.29, 1.82) is 0 Å². The molecule has 0 aliphatic carbocycles. The standard InChI is InChI=1S/C33H18ClN3OS/c34-20-17-15-19(16-18-20)31-35-32(23-9-5-12-26-29(23)21-7-1-3-11-25(21)38-26)37-33(36-31)24-10-6-14-28-30(24)22-8-2-4-13-27(22)39-28/h1-18H. The maximum Gasteiger partial charge on any atom is 0.164 e. The zero-order valence-corrected chi connectivity index (χ0v) is 22.0. The van der Waals surface area contributed by atoms with Crippen LogP contribution in [0.4, 0.5) is 0 Å². The number of hydrogen-bond donors (Lipinski definition) is 0. The van der Waals surface area contributed by atoms with Gasteiger partial charge in [-0.3, -0.25) is 0 Å². The van der Waals surface area contributed by atoms with E-state index in [1.807, 2.05) is 54.6 Å². The van der Waals surface area contributed by atoms with Gasteiger partial charge in [0.15, 0.2) is 17.5 Å². The maximum atomic E-state index is 6.21. The summed E-state index contributed by atoms with van der Waals surface area (Å²) >= 11 is 7.99. The first kappa shape index (κ1) is 22.4. The van der Waals surface area contributed by atoms with E-state index in [4.69, 9.17) is 31.0 Å². The van der Waals surface area contributed by atoms with Crippen LogP contribution in [0.5, 0.6) is 0 Å². The van der Waals surface area contributed by atoms with Gasteiger partial charge in [0.25, 0.3) is 0 Å². The van der Waals surface area contributed by atoms with Crippen molar-refractivity contribution in [3.05, 3.63) is 114 Å². The highest BCUT2D eigenvalue weighted by Gasteiger charge is 2.19. The zero-order chi connectivity index (χ0) is 25.9. The Morgan fingerprint density at radius 3 is 1.95 bits per heavy atom. The molecule has 0 atom stereocenters. The van der Waals surface area contributed by atoms with Crippen molar-refractivity contribution >= 4 is 65.0 Å². The second-order valence-corrected chi connectivity index (χ2v) is 10.9. The van der Waals surface area contributed by atoms with Gasteiger partial charge in [-0.15, -0.1) is 11.3 Å². The topological polar surface area (TPSA) is 51.8 Å². The molecule has 8 rings (SSSR count). The lowest BCUT2D eigenvalue weighted by Gasteiger charge is -2.10. The van der Waals surface area contributed by atoms with E-state index in [0.29, 0.717) is 22.5 Å². The molecule has 39 heavy (non-hydrogen) atoms. The van der Waals surface area contributed by atoms with E-state index in [-0.39, 0.29) is 0 Å². The van der Waals surface area contributed by atoms with Crippen molar-refractivity contribution < 1.29 is 4.42 Å². The molecular weight excluding hydrogens is 522 g/mol. The van der Waals surface area contributed by atoms with Crippen molar-refractivity contribution in [2.75, 3.05) is 0 Å². The number of nitrogens with zero attached hydrogens (tertiary/aromatic N) is 3. The molecule has 8 aromatic rings. The number of para-hydroxylation sites is 1. The first-order valence-corrected chi connectivity index (χ1v) is 13.8. The van der Waals surface area contributed by atoms with Gasteiger partial charge in [-0.1, -0.05) is 72.3 Å². The molecule has 0 N–H and O–H groups in total. The van der Waals surface area contributed by atoms with Crippen LogP contribution >= 0.6 is 22.9 Å². The van der Waals surface area contributed by atoms with Crippen LogP contribution in [0.1, 0.15) is 0 Å². The third-order valence-electron chi connectivity index (χ3n) is 7.02. The van der Waals surface area contributed by atoms with Gasteiger partial charge in [-0.2, -0.15) is 0 Å². The summed E-state index contributed by atoms with van der Waals surface area (Å²) in [6.45, 7) is 0. The lowest BCUT2D eigenvalue weighted by atomic mass is 10.0. The van der Waals surface area contributed by atoms with Crippen molar-refractivity contribution in [2.24, 2.45) is 0 Å². The van der Waals surface area contributed by atoms with Crippen LogP contribution in [-0.2, 0) is 0 Å². The summed E-state index contributed by atoms with van der Waals surface area (Å²) in [7, 11) is 0. The van der Waals surface area contributed by atoms with Crippen LogP contribution in [0, 0.1) is 0 Å². The molecule has 0 aliphatic heterocycles. The van der Waals surface area contributed by atoms with Gasteiger partial charge >= 0.3 is 0 Å². The third kappa shape index (κ3) is 3.62. The van der Waals surface area contributed by atoms with Crippen molar-refractivity contribution in [2.45, 2.75) is 0 Å². The normalized spacial score (nSPS) is 11.7. The van der Waals surface area contributed by atoms with Crippen LogP contribution in [0.25, 0.3) is 76.3 Å². The molecule has 0 radical (unpaired) electrons. The predicted octanol–water partition coefficient (Wildman–Crippen LogP) is 9.79. The van der Waals surface area contributed by atoms with E-state index in [1.54, 1.807) is 11.3 Å². The first-order chi connectivity index (χ1) is 19.2. The fourth-order valence-electron chi connectivity index (χ4n) is 5.27. The summed E-state index contributed by atoms with van der Waals surface area (Å²) in [6, 6.07) is 36.5. The van der Waals surface area contributed by atoms with Gasteiger partial charge in [-0.25, -0.2) is 15.0 Å². The molecule has 184 valence electrons. The number of halogens is 1. The number of aromatic nitrogens is 3. The lowest BCUT2D eigenvalue weighted by Crippen LogP contribution is -2.00. The minimum absolute atomic E-state index is 0.591. The second-order valence-electron chi connectivity index (χ2n) is 9.37. The average Bonchev–Trinajstić information content (AvgIpc) is 3.56. The van der Waals surface area contributed by atoms with E-state index in [0.717, 1.165) is 44.0 Å². The molecular formula is C33H18ClN3OS. The van der Waals surface area contributed by atoms with Gasteiger partial charge in [0.05, 0.1) is 0 Å². The van der Waals surface area contributed by atoms with Crippen molar-refractivity contribution in [3.8, 4) is 34.2 Å². The predicted molar refractivity (Wildman–Crippen MR) is 161 cm³/mol. The maximum absolute atomic E-state index is 6.21. The lowest BCUT2D eigenvalue weighted by molar-refractivity contribution is 0.669. The molecule has 0 fully saturated rings. The Bertz CT molecular complexity index is 2070. The minimum atomic E-state index is 0.591. The van der Waals surface area contributed by atoms with Crippen LogP contribution in [0.2, 0.25) is 5.02 Å². The van der Waals surface area contributed by atoms with Gasteiger partial charge < -0.3 is 4.42 Å². The van der Waals surface area contributed by atoms with Crippen molar-refractivity contribution in [1.82, 2.24) is 15.0 Å². The highest BCUT2D eigenvalue weighted by atomic mass is 35.5. The molecule has 3 heterocycles. The van der Waals surface area contributed by atoms with Gasteiger partial charge in [-0.05, 0) is 48.5 Å². The fraction of sp³-hybridized carbons (Fsp3) is 0. The van der Waals surface area contributed by atoms with E-state index < -0.39 is 0 Å². The molecule has 4 nitrogen and oxygen atoms in total. The summed E-state index contributed by atoms with van der Waals surface area (Å²) < 4.78 is 8.61. The molecule has 5 aromatic carbocycles. The number of benzene rings is 5. The Labute approximate surface area is 232 Å². The Balaban J connectivity index is 1.45. The molecule has 0 saturated heterocycles. The van der Waals surface area contributed by atoms with Crippen LogP contribution in [0.15, 0.2) is 114 Å². The fourth-order valence-corrected chi connectivity index (χ4v) is 6.53. The number of hydrogen-bond acceptors (Lipinski definition) is 5. The average molecular weight is 540 g/mol.